The van der Waals surface area contributed by atoms with Crippen molar-refractivity contribution < 1.29 is 14.2 Å². The molecule has 23 heavy (non-hydrogen) atoms. The number of benzene rings is 1. The van der Waals surface area contributed by atoms with E-state index in [4.69, 9.17) is 4.74 Å². The fourth-order valence-electron chi connectivity index (χ4n) is 2.66. The molecule has 0 radical (unpaired) electrons. The number of aromatic amines is 1. The third kappa shape index (κ3) is 2.01. The van der Waals surface area contributed by atoms with E-state index in [1.807, 2.05) is 6.92 Å². The van der Waals surface area contributed by atoms with Crippen LogP contribution in [0.15, 0.2) is 30.7 Å². The van der Waals surface area contributed by atoms with Gasteiger partial charge in [-0.3, -0.25) is 0 Å². The molecule has 0 aliphatic heterocycles. The van der Waals surface area contributed by atoms with Crippen LogP contribution in [-0.4, -0.2) is 24.7 Å². The van der Waals surface area contributed by atoms with Gasteiger partial charge in [-0.15, -0.1) is 0 Å². The molecule has 0 saturated heterocycles. The molecule has 4 rings (SSSR count). The van der Waals surface area contributed by atoms with Gasteiger partial charge >= 0.3 is 0 Å². The molecular formula is C16H13FN4O2. The zero-order chi connectivity index (χ0) is 16.1. The minimum Gasteiger partial charge on any atom is -0.506 e. The third-order valence-electron chi connectivity index (χ3n) is 3.81. The van der Waals surface area contributed by atoms with Gasteiger partial charge in [0.2, 0.25) is 5.88 Å². The van der Waals surface area contributed by atoms with Crippen LogP contribution < -0.4 is 4.74 Å². The Kier molecular flexibility index (Phi) is 2.77. The van der Waals surface area contributed by atoms with Gasteiger partial charge < -0.3 is 14.8 Å². The van der Waals surface area contributed by atoms with Crippen molar-refractivity contribution in [1.82, 2.24) is 19.6 Å². The van der Waals surface area contributed by atoms with Crippen LogP contribution in [0.4, 0.5) is 4.39 Å². The predicted octanol–water partition coefficient (Wildman–Crippen LogP) is 3.46. The number of ether oxygens (including phenoxy) is 1. The zero-order valence-corrected chi connectivity index (χ0v) is 12.5. The maximum Gasteiger partial charge on any atom is 0.247 e. The van der Waals surface area contributed by atoms with E-state index >= 15 is 0 Å². The number of nitrogens with zero attached hydrogens (tertiary/aromatic N) is 3. The first kappa shape index (κ1) is 13.6. The molecule has 0 atom stereocenters. The third-order valence-corrected chi connectivity index (χ3v) is 3.81. The van der Waals surface area contributed by atoms with Crippen LogP contribution in [0.25, 0.3) is 16.4 Å². The summed E-state index contributed by atoms with van der Waals surface area (Å²) in [5.74, 6) is -0.134. The van der Waals surface area contributed by atoms with Crippen molar-refractivity contribution in [3.05, 3.63) is 47.8 Å². The molecule has 0 bridgehead atoms. The molecule has 6 nitrogen and oxygen atoms in total. The number of H-pyrrole nitrogens is 1. The lowest BCUT2D eigenvalue weighted by atomic mass is 10.2. The van der Waals surface area contributed by atoms with Crippen molar-refractivity contribution in [3.8, 4) is 17.4 Å². The topological polar surface area (TPSA) is 75.4 Å². The standard InChI is InChI=1S/C16H13FN4O2/c1-8-5-10-11(20-8)3-4-13(14(10)17)23-16-15-9(2)12(22)6-21(15)19-7-18-16/h3-7,20,22H,1-2H3/i2+1,9+1,12+1,18+1,21+1. The number of hydrogen-bond donors (Lipinski definition) is 2. The zero-order valence-electron chi connectivity index (χ0n) is 12.5. The number of rotatable bonds is 2. The summed E-state index contributed by atoms with van der Waals surface area (Å²) in [6.07, 6.45) is 2.74. The maximum atomic E-state index is 14.6. The smallest absolute Gasteiger partial charge is 0.247 e. The van der Waals surface area contributed by atoms with Crippen molar-refractivity contribution in [1.29, 1.82) is 0 Å². The molecule has 0 aliphatic carbocycles. The first-order valence-corrected chi connectivity index (χ1v) is 7.02. The van der Waals surface area contributed by atoms with Gasteiger partial charge in [0.15, 0.2) is 11.6 Å². The summed E-state index contributed by atoms with van der Waals surface area (Å²) in [6, 6.07) is 5.02. The Morgan fingerprint density at radius 3 is 2.96 bits per heavy atom. The molecule has 7 heteroatoms. The highest BCUT2D eigenvalue weighted by molar-refractivity contribution is 5.83. The Labute approximate surface area is 130 Å². The maximum absolute atomic E-state index is 14.6. The average Bonchev–Trinajstić information content (AvgIpc) is 3.04. The monoisotopic (exact) mass is 317 g/mol. The van der Waals surface area contributed by atoms with Gasteiger partial charge in [0.1, 0.15) is 17.6 Å². The van der Waals surface area contributed by atoms with Gasteiger partial charge in [-0.05, 0) is 32.0 Å². The normalized spacial score (nSPS) is 11.4. The lowest BCUT2D eigenvalue weighted by molar-refractivity contribution is 0.431. The van der Waals surface area contributed by atoms with Crippen LogP contribution in [0.1, 0.15) is 11.3 Å². The minimum absolute atomic E-state index is 0.0668. The Balaban J connectivity index is 1.86. The number of fused-ring (bicyclic) bond motifs is 2. The molecule has 0 unspecified atom stereocenters. The molecule has 116 valence electrons. The number of aromatic hydroxyl groups is 1. The average molecular weight is 317 g/mol. The predicted molar refractivity (Wildman–Crippen MR) is 82.5 cm³/mol. The van der Waals surface area contributed by atoms with Crippen molar-refractivity contribution in [2.75, 3.05) is 0 Å². The molecule has 0 amide bonds. The summed E-state index contributed by atoms with van der Waals surface area (Å²) < 4.78 is 21.7. The number of halogens is 1. The van der Waals surface area contributed by atoms with Crippen LogP contribution in [0.3, 0.4) is 0 Å². The number of aromatic nitrogens is 4. The van der Waals surface area contributed by atoms with Gasteiger partial charge in [0.25, 0.3) is 0 Å². The summed E-state index contributed by atoms with van der Waals surface area (Å²) in [6.45, 7) is 3.58. The van der Waals surface area contributed by atoms with Crippen molar-refractivity contribution >= 4 is 16.4 Å². The molecule has 0 spiro atoms. The quantitative estimate of drug-likeness (QED) is 0.555. The molecule has 0 fully saturated rings. The van der Waals surface area contributed by atoms with E-state index in [0.717, 1.165) is 5.69 Å². The van der Waals surface area contributed by atoms with E-state index in [1.54, 1.807) is 25.1 Å². The lowest BCUT2D eigenvalue weighted by Crippen LogP contribution is -1.98. The Morgan fingerprint density at radius 2 is 2.13 bits per heavy atom. The highest BCUT2D eigenvalue weighted by atomic mass is 19.1. The van der Waals surface area contributed by atoms with Gasteiger partial charge in [0.05, 0.1) is 6.20 Å². The van der Waals surface area contributed by atoms with Crippen LogP contribution >= 0.6 is 0 Å². The largest absolute Gasteiger partial charge is 0.506 e. The summed E-state index contributed by atoms with van der Waals surface area (Å²) in [5.41, 5.74) is 2.64. The highest BCUT2D eigenvalue weighted by Crippen LogP contribution is 2.34. The fourth-order valence-corrected chi connectivity index (χ4v) is 2.66. The molecule has 0 saturated carbocycles. The van der Waals surface area contributed by atoms with E-state index in [9.17, 15) is 9.50 Å². The van der Waals surface area contributed by atoms with Gasteiger partial charge in [0, 0.05) is 22.2 Å². The molecule has 0 aliphatic rings. The lowest BCUT2D eigenvalue weighted by Gasteiger charge is -2.08. The summed E-state index contributed by atoms with van der Waals surface area (Å²) in [5, 5.41) is 14.3. The van der Waals surface area contributed by atoms with Gasteiger partial charge in [-0.25, -0.2) is 8.91 Å². The first-order valence-electron chi connectivity index (χ1n) is 7.02. The number of hydrogen-bond acceptors (Lipinski definition) is 4. The van der Waals surface area contributed by atoms with Crippen LogP contribution in [0.5, 0.6) is 17.4 Å². The Bertz CT molecular complexity index is 1050. The first-order chi connectivity index (χ1) is 11.0. The van der Waals surface area contributed by atoms with Crippen molar-refractivity contribution in [3.63, 3.8) is 0 Å². The summed E-state index contributed by atoms with van der Waals surface area (Å²) >= 11 is 0. The van der Waals surface area contributed by atoms with E-state index in [0.29, 0.717) is 22.0 Å². The van der Waals surface area contributed by atoms with Crippen LogP contribution in [-0.2, 0) is 0 Å². The van der Waals surface area contributed by atoms with Gasteiger partial charge in [-0.2, -0.15) is 10.1 Å². The number of aryl methyl sites for hydroxylation is 2. The van der Waals surface area contributed by atoms with Gasteiger partial charge in [-0.1, -0.05) is 0 Å². The van der Waals surface area contributed by atoms with E-state index in [-0.39, 0.29) is 17.4 Å². The second-order valence-electron chi connectivity index (χ2n) is 5.39. The molecule has 3 aromatic heterocycles. The molecular weight excluding hydrogens is 304 g/mol. The summed E-state index contributed by atoms with van der Waals surface area (Å²) in [4.78, 5) is 7.14. The number of nitrogens with one attached hydrogen (secondary N) is 1. The van der Waals surface area contributed by atoms with Crippen LogP contribution in [0, 0.1) is 19.7 Å². The second-order valence-corrected chi connectivity index (χ2v) is 5.39. The minimum atomic E-state index is -0.461. The SMILES string of the molecule is Cc1cc2c(F)c(Oc3[15n]cn[15n]4c[13c](O)[13c]([13CH3])c34)ccc2[nH]1. The van der Waals surface area contributed by atoms with E-state index < -0.39 is 5.82 Å². The molecule has 1 aromatic carbocycles. The summed E-state index contributed by atoms with van der Waals surface area (Å²) in [7, 11) is 0. The van der Waals surface area contributed by atoms with E-state index in [1.165, 1.54) is 17.0 Å². The second kappa shape index (κ2) is 4.70. The fraction of sp³-hybridized carbons (Fsp3) is 0.125. The highest BCUT2D eigenvalue weighted by Gasteiger charge is 2.17. The molecule has 2 N–H and O–H groups in total. The molecule has 4 aromatic rings. The van der Waals surface area contributed by atoms with Crippen molar-refractivity contribution in [2.45, 2.75) is 13.8 Å². The van der Waals surface area contributed by atoms with Crippen LogP contribution in [0.2, 0.25) is 0 Å². The van der Waals surface area contributed by atoms with Crippen molar-refractivity contribution in [2.24, 2.45) is 0 Å². The van der Waals surface area contributed by atoms with E-state index in [2.05, 4.69) is 15.1 Å². The molecule has 3 heterocycles. The Morgan fingerprint density at radius 1 is 1.30 bits per heavy atom. The Hall–Kier alpha value is -3.09.